The summed E-state index contributed by atoms with van der Waals surface area (Å²) in [6.45, 7) is 8.16. The molecule has 7 nitrogen and oxygen atoms in total. The minimum absolute atomic E-state index is 0.0203. The van der Waals surface area contributed by atoms with Gasteiger partial charge in [-0.15, -0.1) is 0 Å². The number of halogens is 4. The molecule has 1 fully saturated rings. The van der Waals surface area contributed by atoms with E-state index < -0.39 is 18.1 Å². The van der Waals surface area contributed by atoms with Gasteiger partial charge in [0.1, 0.15) is 10.8 Å². The van der Waals surface area contributed by atoms with Gasteiger partial charge in [0.2, 0.25) is 0 Å². The van der Waals surface area contributed by atoms with E-state index in [2.05, 4.69) is 33.1 Å². The average molecular weight is 624 g/mol. The van der Waals surface area contributed by atoms with Gasteiger partial charge in [0.15, 0.2) is 5.82 Å². The Morgan fingerprint density at radius 2 is 1.90 bits per heavy atom. The first-order valence-corrected chi connectivity index (χ1v) is 15.1. The third-order valence-corrected chi connectivity index (χ3v) is 8.15. The van der Waals surface area contributed by atoms with Crippen LogP contribution in [0.3, 0.4) is 0 Å². The van der Waals surface area contributed by atoms with E-state index in [1.807, 2.05) is 38.1 Å². The van der Waals surface area contributed by atoms with Crippen LogP contribution in [0.2, 0.25) is 5.02 Å². The maximum Gasteiger partial charge on any atom is 0.491 e. The predicted octanol–water partition coefficient (Wildman–Crippen LogP) is 7.47. The van der Waals surface area contributed by atoms with Gasteiger partial charge < -0.3 is 14.4 Å². The quantitative estimate of drug-likeness (QED) is 0.171. The second-order valence-corrected chi connectivity index (χ2v) is 11.6. The average Bonchev–Trinajstić information content (AvgIpc) is 3.43. The van der Waals surface area contributed by atoms with Crippen molar-refractivity contribution in [2.24, 2.45) is 0 Å². The SMILES string of the molecule is CCc1c(-c2nsc(-c3ccc(OC(C)C)c(Cl)c3)n2)cccc1C1CCN(CCCC(=O)OC(=O)C(F)(F)F)CC1. The number of hydrogen-bond acceptors (Lipinski definition) is 8. The Balaban J connectivity index is 1.37. The van der Waals surface area contributed by atoms with Crippen LogP contribution in [-0.4, -0.2) is 58.1 Å². The fourth-order valence-electron chi connectivity index (χ4n) is 5.15. The largest absolute Gasteiger partial charge is 0.491 e. The Hall–Kier alpha value is -3.02. The fraction of sp³-hybridized carbons (Fsp3) is 0.467. The monoisotopic (exact) mass is 623 g/mol. The molecule has 0 bridgehead atoms. The minimum atomic E-state index is -5.17. The summed E-state index contributed by atoms with van der Waals surface area (Å²) >= 11 is 7.77. The lowest BCUT2D eigenvalue weighted by Crippen LogP contribution is -2.34. The molecule has 0 unspecified atom stereocenters. The molecule has 1 saturated heterocycles. The number of hydrogen-bond donors (Lipinski definition) is 0. The van der Waals surface area contributed by atoms with Crippen molar-refractivity contribution >= 4 is 35.1 Å². The number of benzene rings is 2. The lowest BCUT2D eigenvalue weighted by molar-refractivity contribution is -0.201. The van der Waals surface area contributed by atoms with Crippen LogP contribution in [0.4, 0.5) is 13.2 Å². The topological polar surface area (TPSA) is 81.6 Å². The maximum atomic E-state index is 12.3. The highest BCUT2D eigenvalue weighted by atomic mass is 35.5. The first kappa shape index (κ1) is 31.9. The summed E-state index contributed by atoms with van der Waals surface area (Å²) in [6.07, 6.45) is -2.43. The standard InChI is InChI=1S/C30H33ClF3N3O4S/c1-4-21-22(19-12-15-37(16-13-19)14-6-9-26(38)41-29(39)30(32,33)34)7-5-8-23(21)27-35-28(42-36-27)20-10-11-25(24(31)17-20)40-18(2)3/h5,7-8,10-11,17-19H,4,6,9,12-16H2,1-3H3. The molecule has 42 heavy (non-hydrogen) atoms. The summed E-state index contributed by atoms with van der Waals surface area (Å²) < 4.78 is 51.0. The van der Waals surface area contributed by atoms with Crippen LogP contribution in [0.15, 0.2) is 36.4 Å². The molecule has 2 aromatic carbocycles. The van der Waals surface area contributed by atoms with Crippen molar-refractivity contribution in [2.45, 2.75) is 71.1 Å². The van der Waals surface area contributed by atoms with Gasteiger partial charge in [-0.1, -0.05) is 36.7 Å². The molecular formula is C30H33ClF3N3O4S. The predicted molar refractivity (Wildman–Crippen MR) is 156 cm³/mol. The van der Waals surface area contributed by atoms with Gasteiger partial charge in [-0.3, -0.25) is 4.79 Å². The summed E-state index contributed by atoms with van der Waals surface area (Å²) in [5.74, 6) is -1.97. The number of piperidine rings is 1. The molecule has 1 aliphatic rings. The van der Waals surface area contributed by atoms with E-state index in [0.29, 0.717) is 35.5 Å². The van der Waals surface area contributed by atoms with Crippen molar-refractivity contribution in [1.29, 1.82) is 0 Å². The van der Waals surface area contributed by atoms with E-state index >= 15 is 0 Å². The van der Waals surface area contributed by atoms with Crippen molar-refractivity contribution in [3.05, 3.63) is 52.5 Å². The highest BCUT2D eigenvalue weighted by Gasteiger charge is 2.42. The molecule has 1 aromatic heterocycles. The van der Waals surface area contributed by atoms with Gasteiger partial charge >= 0.3 is 18.1 Å². The summed E-state index contributed by atoms with van der Waals surface area (Å²) in [6, 6.07) is 11.9. The normalized spacial score (nSPS) is 14.8. The second kappa shape index (κ2) is 14.0. The number of alkyl halides is 3. The molecule has 0 radical (unpaired) electrons. The number of nitrogens with zero attached hydrogens (tertiary/aromatic N) is 3. The molecular weight excluding hydrogens is 591 g/mol. The fourth-order valence-corrected chi connectivity index (χ4v) is 6.05. The Morgan fingerprint density at radius 1 is 1.17 bits per heavy atom. The van der Waals surface area contributed by atoms with E-state index in [1.165, 1.54) is 22.7 Å². The molecule has 0 aliphatic carbocycles. The Kier molecular flexibility index (Phi) is 10.6. The van der Waals surface area contributed by atoms with E-state index in [0.717, 1.165) is 48.5 Å². The molecule has 0 atom stereocenters. The Morgan fingerprint density at radius 3 is 2.55 bits per heavy atom. The van der Waals surface area contributed by atoms with Crippen LogP contribution >= 0.6 is 23.1 Å². The number of carbonyl (C=O) groups excluding carboxylic acids is 2. The number of likely N-dealkylation sites (tertiary alicyclic amines) is 1. The van der Waals surface area contributed by atoms with Crippen LogP contribution in [0.5, 0.6) is 5.75 Å². The first-order valence-electron chi connectivity index (χ1n) is 13.9. The van der Waals surface area contributed by atoms with Gasteiger partial charge in [0, 0.05) is 17.5 Å². The van der Waals surface area contributed by atoms with Crippen LogP contribution in [0.1, 0.15) is 63.5 Å². The van der Waals surface area contributed by atoms with E-state index in [-0.39, 0.29) is 12.5 Å². The lowest BCUT2D eigenvalue weighted by Gasteiger charge is -2.33. The Labute approximate surface area is 252 Å². The summed E-state index contributed by atoms with van der Waals surface area (Å²) in [5.41, 5.74) is 4.38. The van der Waals surface area contributed by atoms with Gasteiger partial charge in [0.25, 0.3) is 0 Å². The molecule has 4 rings (SSSR count). The molecule has 226 valence electrons. The zero-order valence-corrected chi connectivity index (χ0v) is 25.2. The molecule has 0 amide bonds. The minimum Gasteiger partial charge on any atom is -0.489 e. The number of ether oxygens (including phenoxy) is 2. The maximum absolute atomic E-state index is 12.3. The van der Waals surface area contributed by atoms with Crippen molar-refractivity contribution in [1.82, 2.24) is 14.3 Å². The summed E-state index contributed by atoms with van der Waals surface area (Å²) in [4.78, 5) is 29.4. The molecule has 0 spiro atoms. The van der Waals surface area contributed by atoms with Crippen LogP contribution in [0.25, 0.3) is 22.0 Å². The molecule has 3 aromatic rings. The molecule has 12 heteroatoms. The molecule has 0 N–H and O–H groups in total. The third kappa shape index (κ3) is 8.08. The lowest BCUT2D eigenvalue weighted by atomic mass is 9.84. The number of rotatable bonds is 10. The van der Waals surface area contributed by atoms with Crippen LogP contribution in [0, 0.1) is 0 Å². The van der Waals surface area contributed by atoms with E-state index in [4.69, 9.17) is 21.3 Å². The summed E-state index contributed by atoms with van der Waals surface area (Å²) in [7, 11) is 0. The van der Waals surface area contributed by atoms with Crippen molar-refractivity contribution < 1.29 is 32.2 Å². The van der Waals surface area contributed by atoms with Crippen LogP contribution in [-0.2, 0) is 20.7 Å². The van der Waals surface area contributed by atoms with Crippen molar-refractivity contribution in [2.75, 3.05) is 19.6 Å². The Bertz CT molecular complexity index is 1400. The van der Waals surface area contributed by atoms with E-state index in [9.17, 15) is 22.8 Å². The third-order valence-electron chi connectivity index (χ3n) is 7.09. The molecule has 2 heterocycles. The zero-order valence-electron chi connectivity index (χ0n) is 23.7. The molecule has 0 saturated carbocycles. The van der Waals surface area contributed by atoms with Crippen molar-refractivity contribution in [3.8, 4) is 27.7 Å². The van der Waals surface area contributed by atoms with Crippen molar-refractivity contribution in [3.63, 3.8) is 0 Å². The smallest absolute Gasteiger partial charge is 0.489 e. The highest BCUT2D eigenvalue weighted by molar-refractivity contribution is 7.09. The highest BCUT2D eigenvalue weighted by Crippen LogP contribution is 2.37. The first-order chi connectivity index (χ1) is 20.0. The number of aromatic nitrogens is 2. The van der Waals surface area contributed by atoms with Crippen LogP contribution < -0.4 is 4.74 Å². The zero-order chi connectivity index (χ0) is 30.4. The van der Waals surface area contributed by atoms with E-state index in [1.54, 1.807) is 0 Å². The summed E-state index contributed by atoms with van der Waals surface area (Å²) in [5, 5.41) is 1.30. The van der Waals surface area contributed by atoms with Gasteiger partial charge in [-0.25, -0.2) is 9.78 Å². The van der Waals surface area contributed by atoms with Gasteiger partial charge in [0.05, 0.1) is 11.1 Å². The number of carbonyl (C=O) groups is 2. The number of esters is 2. The van der Waals surface area contributed by atoms with Gasteiger partial charge in [-0.05, 0) is 106 Å². The molecule has 1 aliphatic heterocycles. The van der Waals surface area contributed by atoms with Gasteiger partial charge in [-0.2, -0.15) is 17.5 Å². The second-order valence-electron chi connectivity index (χ2n) is 10.4.